The van der Waals surface area contributed by atoms with Gasteiger partial charge in [-0.1, -0.05) is 18.2 Å². The van der Waals surface area contributed by atoms with Crippen molar-refractivity contribution in [2.24, 2.45) is 0 Å². The Kier molecular flexibility index (Phi) is 2.26. The van der Waals surface area contributed by atoms with E-state index in [9.17, 15) is 10.2 Å². The van der Waals surface area contributed by atoms with E-state index in [2.05, 4.69) is 0 Å². The van der Waals surface area contributed by atoms with Crippen molar-refractivity contribution in [1.29, 1.82) is 0 Å². The van der Waals surface area contributed by atoms with Gasteiger partial charge in [-0.15, -0.1) is 0 Å². The lowest BCUT2D eigenvalue weighted by atomic mass is 9.73. The molecule has 2 nitrogen and oxygen atoms in total. The second kappa shape index (κ2) is 3.28. The summed E-state index contributed by atoms with van der Waals surface area (Å²) in [5.74, 6) is 0. The van der Waals surface area contributed by atoms with Gasteiger partial charge in [0.25, 0.3) is 0 Å². The van der Waals surface area contributed by atoms with Crippen molar-refractivity contribution < 1.29 is 10.2 Å². The lowest BCUT2D eigenvalue weighted by molar-refractivity contribution is -0.109. The van der Waals surface area contributed by atoms with E-state index in [1.165, 1.54) is 0 Å². The van der Waals surface area contributed by atoms with Crippen molar-refractivity contribution in [3.8, 4) is 0 Å². The van der Waals surface area contributed by atoms with Crippen molar-refractivity contribution in [1.82, 2.24) is 0 Å². The van der Waals surface area contributed by atoms with E-state index in [1.54, 1.807) is 0 Å². The highest BCUT2D eigenvalue weighted by Crippen LogP contribution is 2.38. The molecule has 2 aliphatic rings. The summed E-state index contributed by atoms with van der Waals surface area (Å²) in [6, 6.07) is 0. The Morgan fingerprint density at radius 2 is 2.15 bits per heavy atom. The molecule has 0 aromatic heterocycles. The number of hydrogen-bond donors (Lipinski definition) is 2. The lowest BCUT2D eigenvalue weighted by Crippen LogP contribution is -2.48. The van der Waals surface area contributed by atoms with E-state index in [0.29, 0.717) is 0 Å². The Bertz CT molecular complexity index is 249. The minimum absolute atomic E-state index is 0.689. The molecular formula is C11H15O2. The molecule has 0 aromatic rings. The number of rotatable bonds is 2. The van der Waals surface area contributed by atoms with Crippen LogP contribution >= 0.6 is 0 Å². The van der Waals surface area contributed by atoms with Gasteiger partial charge in [-0.25, -0.2) is 0 Å². The molecule has 0 heterocycles. The summed E-state index contributed by atoms with van der Waals surface area (Å²) in [6.07, 6.45) is 10.5. The monoisotopic (exact) mass is 179 g/mol. The molecule has 2 rings (SSSR count). The summed E-state index contributed by atoms with van der Waals surface area (Å²) in [7, 11) is 0. The minimum atomic E-state index is -0.840. The van der Waals surface area contributed by atoms with Crippen LogP contribution in [0.3, 0.4) is 0 Å². The van der Waals surface area contributed by atoms with Crippen LogP contribution in [-0.2, 0) is 0 Å². The molecule has 1 fully saturated rings. The normalized spacial score (nSPS) is 27.7. The third-order valence-corrected chi connectivity index (χ3v) is 2.96. The molecule has 0 saturated heterocycles. The predicted octanol–water partition coefficient (Wildman–Crippen LogP) is 1.35. The fourth-order valence-corrected chi connectivity index (χ4v) is 1.86. The number of hydrogen-bond acceptors (Lipinski definition) is 2. The summed E-state index contributed by atoms with van der Waals surface area (Å²) >= 11 is 0. The zero-order valence-corrected chi connectivity index (χ0v) is 7.61. The third-order valence-electron chi connectivity index (χ3n) is 2.96. The van der Waals surface area contributed by atoms with Crippen LogP contribution in [0.25, 0.3) is 0 Å². The van der Waals surface area contributed by atoms with E-state index >= 15 is 0 Å². The first-order valence-electron chi connectivity index (χ1n) is 4.83. The van der Waals surface area contributed by atoms with E-state index in [4.69, 9.17) is 0 Å². The van der Waals surface area contributed by atoms with Gasteiger partial charge in [0.05, 0.1) is 5.60 Å². The lowest BCUT2D eigenvalue weighted by Gasteiger charge is -2.41. The first kappa shape index (κ1) is 8.97. The highest BCUT2D eigenvalue weighted by molar-refractivity contribution is 5.32. The first-order valence-corrected chi connectivity index (χ1v) is 4.83. The smallest absolute Gasteiger partial charge is 0.107 e. The molecular weight excluding hydrogens is 164 g/mol. The van der Waals surface area contributed by atoms with Crippen molar-refractivity contribution in [2.75, 3.05) is 0 Å². The third kappa shape index (κ3) is 1.56. The summed E-state index contributed by atoms with van der Waals surface area (Å²) in [5, 5.41) is 19.8. The van der Waals surface area contributed by atoms with Gasteiger partial charge in [0.2, 0.25) is 0 Å². The van der Waals surface area contributed by atoms with Gasteiger partial charge in [-0.05, 0) is 37.7 Å². The largest absolute Gasteiger partial charge is 0.387 e. The first-order chi connectivity index (χ1) is 6.22. The molecule has 71 valence electrons. The van der Waals surface area contributed by atoms with Gasteiger partial charge in [0.1, 0.15) is 6.10 Å². The van der Waals surface area contributed by atoms with Crippen LogP contribution in [0, 0.1) is 6.42 Å². The molecule has 1 atom stereocenters. The Morgan fingerprint density at radius 1 is 1.38 bits per heavy atom. The van der Waals surface area contributed by atoms with Gasteiger partial charge in [-0.3, -0.25) is 0 Å². The van der Waals surface area contributed by atoms with Gasteiger partial charge < -0.3 is 10.2 Å². The molecule has 0 bridgehead atoms. The van der Waals surface area contributed by atoms with Gasteiger partial charge in [0.15, 0.2) is 0 Å². The Morgan fingerprint density at radius 3 is 2.62 bits per heavy atom. The van der Waals surface area contributed by atoms with E-state index in [0.717, 1.165) is 31.3 Å². The van der Waals surface area contributed by atoms with Crippen LogP contribution < -0.4 is 0 Å². The standard InChI is InChI=1S/C11H15O2/c12-10(11(13)7-4-8-11)9-5-2-1-3-6-9/h1-2,5-6,10,12-13H,3-4,7-8H2. The zero-order chi connectivity index (χ0) is 9.31. The van der Waals surface area contributed by atoms with Crippen molar-refractivity contribution >= 4 is 0 Å². The highest BCUT2D eigenvalue weighted by Gasteiger charge is 2.42. The van der Waals surface area contributed by atoms with Crippen molar-refractivity contribution in [2.45, 2.75) is 37.4 Å². The Balaban J connectivity index is 2.07. The van der Waals surface area contributed by atoms with Gasteiger partial charge in [-0.2, -0.15) is 0 Å². The summed E-state index contributed by atoms with van der Waals surface area (Å²) in [4.78, 5) is 0. The Labute approximate surface area is 78.6 Å². The average Bonchev–Trinajstić information content (AvgIpc) is 2.14. The Hall–Kier alpha value is -0.600. The topological polar surface area (TPSA) is 40.5 Å². The van der Waals surface area contributed by atoms with Gasteiger partial charge in [0, 0.05) is 0 Å². The fourth-order valence-electron chi connectivity index (χ4n) is 1.86. The van der Waals surface area contributed by atoms with E-state index in [-0.39, 0.29) is 0 Å². The number of aliphatic hydroxyl groups excluding tert-OH is 1. The number of aliphatic hydroxyl groups is 2. The maximum Gasteiger partial charge on any atom is 0.107 e. The van der Waals surface area contributed by atoms with Crippen LogP contribution in [0.15, 0.2) is 23.8 Å². The molecule has 0 amide bonds. The fraction of sp³-hybridized carbons (Fsp3) is 0.545. The second-order valence-corrected chi connectivity index (χ2v) is 3.89. The van der Waals surface area contributed by atoms with Crippen molar-refractivity contribution in [3.05, 3.63) is 30.2 Å². The number of allylic oxidation sites excluding steroid dienone is 2. The molecule has 2 aliphatic carbocycles. The SMILES string of the molecule is OC(C1=CC[CH]C=C1)C1(O)CCC1. The molecule has 1 saturated carbocycles. The van der Waals surface area contributed by atoms with E-state index < -0.39 is 11.7 Å². The second-order valence-electron chi connectivity index (χ2n) is 3.89. The molecule has 2 N–H and O–H groups in total. The molecule has 0 aromatic carbocycles. The highest BCUT2D eigenvalue weighted by atomic mass is 16.3. The van der Waals surface area contributed by atoms with Crippen LogP contribution in [-0.4, -0.2) is 21.9 Å². The van der Waals surface area contributed by atoms with Gasteiger partial charge >= 0.3 is 0 Å². The molecule has 0 spiro atoms. The molecule has 1 radical (unpaired) electrons. The van der Waals surface area contributed by atoms with Crippen LogP contribution in [0.2, 0.25) is 0 Å². The maximum absolute atomic E-state index is 9.90. The zero-order valence-electron chi connectivity index (χ0n) is 7.61. The quantitative estimate of drug-likeness (QED) is 0.671. The molecule has 1 unspecified atom stereocenters. The molecule has 13 heavy (non-hydrogen) atoms. The van der Waals surface area contributed by atoms with E-state index in [1.807, 2.05) is 24.6 Å². The summed E-state index contributed by atoms with van der Waals surface area (Å²) in [6.45, 7) is 0. The molecule has 2 heteroatoms. The average molecular weight is 179 g/mol. The molecule has 0 aliphatic heterocycles. The summed E-state index contributed by atoms with van der Waals surface area (Å²) in [5.41, 5.74) is 0.0257. The van der Waals surface area contributed by atoms with Crippen LogP contribution in [0.1, 0.15) is 25.7 Å². The van der Waals surface area contributed by atoms with Crippen molar-refractivity contribution in [3.63, 3.8) is 0 Å². The van der Waals surface area contributed by atoms with Crippen LogP contribution in [0.5, 0.6) is 0 Å². The van der Waals surface area contributed by atoms with Crippen LogP contribution in [0.4, 0.5) is 0 Å². The summed E-state index contributed by atoms with van der Waals surface area (Å²) < 4.78 is 0. The maximum atomic E-state index is 9.90. The minimum Gasteiger partial charge on any atom is -0.387 e. The predicted molar refractivity (Wildman–Crippen MR) is 50.9 cm³/mol.